The summed E-state index contributed by atoms with van der Waals surface area (Å²) in [5.74, 6) is 1.48. The van der Waals surface area contributed by atoms with E-state index in [1.54, 1.807) is 19.2 Å². The third-order valence-electron chi connectivity index (χ3n) is 5.44. The van der Waals surface area contributed by atoms with Crippen molar-refractivity contribution in [1.29, 1.82) is 0 Å². The number of anilines is 1. The van der Waals surface area contributed by atoms with Crippen LogP contribution in [0, 0.1) is 0 Å². The van der Waals surface area contributed by atoms with Gasteiger partial charge in [-0.1, -0.05) is 91.0 Å². The van der Waals surface area contributed by atoms with Crippen molar-refractivity contribution in [3.05, 3.63) is 132 Å². The number of thioether (sulfide) groups is 1. The first-order valence-corrected chi connectivity index (χ1v) is 11.7. The molecule has 1 N–H and O–H groups in total. The van der Waals surface area contributed by atoms with Crippen molar-refractivity contribution in [3.8, 4) is 0 Å². The van der Waals surface area contributed by atoms with E-state index in [1.807, 2.05) is 17.8 Å². The summed E-state index contributed by atoms with van der Waals surface area (Å²) >= 11 is 1.89. The van der Waals surface area contributed by atoms with Crippen LogP contribution >= 0.6 is 11.8 Å². The van der Waals surface area contributed by atoms with Gasteiger partial charge in [0.15, 0.2) is 5.78 Å². The largest absolute Gasteiger partial charge is 0.369 e. The minimum atomic E-state index is -0.348. The molecule has 4 aromatic rings. The molecule has 160 valence electrons. The van der Waals surface area contributed by atoms with Crippen LogP contribution in [-0.2, 0) is 4.75 Å². The quantitative estimate of drug-likeness (QED) is 0.186. The summed E-state index contributed by atoms with van der Waals surface area (Å²) in [6, 6.07) is 35.6. The number of Topliss-reactive ketones (excluding diaryl/α,β-unsaturated/α-hetero) is 1. The number of ketones is 1. The van der Waals surface area contributed by atoms with Gasteiger partial charge in [0.2, 0.25) is 0 Å². The Kier molecular flexibility index (Phi) is 7.03. The highest BCUT2D eigenvalue weighted by Gasteiger charge is 2.36. The SMILES string of the molecule is CC(=O)c1cccnc1NCCSC(c1ccccc1)(c1ccccc1)c1ccccc1. The smallest absolute Gasteiger partial charge is 0.163 e. The second kappa shape index (κ2) is 10.3. The summed E-state index contributed by atoms with van der Waals surface area (Å²) in [6.07, 6.45) is 1.71. The van der Waals surface area contributed by atoms with Crippen molar-refractivity contribution >= 4 is 23.4 Å². The summed E-state index contributed by atoms with van der Waals surface area (Å²) in [7, 11) is 0. The van der Waals surface area contributed by atoms with E-state index in [-0.39, 0.29) is 10.5 Å². The van der Waals surface area contributed by atoms with Crippen LogP contribution in [0.5, 0.6) is 0 Å². The zero-order chi connectivity index (χ0) is 22.2. The van der Waals surface area contributed by atoms with Crippen molar-refractivity contribution < 1.29 is 4.79 Å². The van der Waals surface area contributed by atoms with E-state index in [2.05, 4.69) is 101 Å². The lowest BCUT2D eigenvalue weighted by molar-refractivity contribution is 0.101. The molecule has 0 fully saturated rings. The van der Waals surface area contributed by atoms with Crippen molar-refractivity contribution in [1.82, 2.24) is 4.98 Å². The van der Waals surface area contributed by atoms with Gasteiger partial charge in [-0.25, -0.2) is 4.98 Å². The van der Waals surface area contributed by atoms with Gasteiger partial charge < -0.3 is 5.32 Å². The van der Waals surface area contributed by atoms with E-state index in [0.29, 0.717) is 17.9 Å². The summed E-state index contributed by atoms with van der Waals surface area (Å²) in [4.78, 5) is 16.3. The van der Waals surface area contributed by atoms with Gasteiger partial charge in [-0.15, -0.1) is 11.8 Å². The van der Waals surface area contributed by atoms with Crippen molar-refractivity contribution in [2.75, 3.05) is 17.6 Å². The van der Waals surface area contributed by atoms with Crippen LogP contribution in [0.15, 0.2) is 109 Å². The Balaban J connectivity index is 1.67. The second-order valence-electron chi connectivity index (χ2n) is 7.51. The van der Waals surface area contributed by atoms with Crippen LogP contribution in [0.4, 0.5) is 5.82 Å². The molecule has 0 atom stereocenters. The predicted molar refractivity (Wildman–Crippen MR) is 134 cm³/mol. The summed E-state index contributed by atoms with van der Waals surface area (Å²) < 4.78 is -0.348. The lowest BCUT2D eigenvalue weighted by Gasteiger charge is -2.35. The van der Waals surface area contributed by atoms with Crippen LogP contribution in [0.25, 0.3) is 0 Å². The molecule has 1 aromatic heterocycles. The maximum atomic E-state index is 11.9. The van der Waals surface area contributed by atoms with E-state index < -0.39 is 0 Å². The fraction of sp³-hybridized carbons (Fsp3) is 0.143. The maximum Gasteiger partial charge on any atom is 0.163 e. The Labute approximate surface area is 193 Å². The van der Waals surface area contributed by atoms with E-state index in [1.165, 1.54) is 16.7 Å². The molecule has 0 aliphatic carbocycles. The summed E-state index contributed by atoms with van der Waals surface area (Å²) in [5.41, 5.74) is 4.34. The topological polar surface area (TPSA) is 42.0 Å². The minimum Gasteiger partial charge on any atom is -0.369 e. The monoisotopic (exact) mass is 438 g/mol. The van der Waals surface area contributed by atoms with Crippen LogP contribution < -0.4 is 5.32 Å². The molecule has 0 amide bonds. The third kappa shape index (κ3) is 4.61. The number of hydrogen-bond acceptors (Lipinski definition) is 4. The standard InChI is InChI=1S/C28H26N2OS/c1-22(31)26-18-11-19-29-27(26)30-20-21-32-28(23-12-5-2-6-13-23,24-14-7-3-8-15-24)25-16-9-4-10-17-25/h2-19H,20-21H2,1H3,(H,29,30). The van der Waals surface area contributed by atoms with Gasteiger partial charge in [0.25, 0.3) is 0 Å². The first-order valence-electron chi connectivity index (χ1n) is 10.7. The molecule has 0 saturated heterocycles. The molecule has 0 saturated carbocycles. The number of hydrogen-bond donors (Lipinski definition) is 1. The van der Waals surface area contributed by atoms with Gasteiger partial charge in [0, 0.05) is 18.5 Å². The van der Waals surface area contributed by atoms with E-state index in [0.717, 1.165) is 5.75 Å². The molecule has 0 unspecified atom stereocenters. The molecule has 0 spiro atoms. The van der Waals surface area contributed by atoms with Gasteiger partial charge in [-0.05, 0) is 35.7 Å². The number of rotatable bonds is 9. The predicted octanol–water partition coefficient (Wildman–Crippen LogP) is 6.42. The molecule has 32 heavy (non-hydrogen) atoms. The third-order valence-corrected chi connectivity index (χ3v) is 6.99. The number of aromatic nitrogens is 1. The number of nitrogens with one attached hydrogen (secondary N) is 1. The number of carbonyl (C=O) groups excluding carboxylic acids is 1. The molecule has 4 rings (SSSR count). The van der Waals surface area contributed by atoms with Gasteiger partial charge in [-0.3, -0.25) is 4.79 Å². The lowest BCUT2D eigenvalue weighted by atomic mass is 9.84. The van der Waals surface area contributed by atoms with Gasteiger partial charge >= 0.3 is 0 Å². The molecule has 0 bridgehead atoms. The zero-order valence-electron chi connectivity index (χ0n) is 18.1. The number of nitrogens with zero attached hydrogens (tertiary/aromatic N) is 1. The molecule has 0 aliphatic rings. The Morgan fingerprint density at radius 2 is 1.28 bits per heavy atom. The Morgan fingerprint density at radius 3 is 1.75 bits per heavy atom. The van der Waals surface area contributed by atoms with E-state index in [4.69, 9.17) is 0 Å². The van der Waals surface area contributed by atoms with E-state index >= 15 is 0 Å². The molecule has 1 heterocycles. The summed E-state index contributed by atoms with van der Waals surface area (Å²) in [6.45, 7) is 2.26. The average molecular weight is 439 g/mol. The highest BCUT2D eigenvalue weighted by Crippen LogP contribution is 2.48. The zero-order valence-corrected chi connectivity index (χ0v) is 18.9. The van der Waals surface area contributed by atoms with Crippen LogP contribution in [0.1, 0.15) is 34.0 Å². The van der Waals surface area contributed by atoms with Gasteiger partial charge in [0.05, 0.1) is 10.3 Å². The number of benzene rings is 3. The van der Waals surface area contributed by atoms with E-state index in [9.17, 15) is 4.79 Å². The molecular formula is C28H26N2OS. The maximum absolute atomic E-state index is 11.9. The minimum absolute atomic E-state index is 0.0143. The van der Waals surface area contributed by atoms with Crippen LogP contribution in [0.3, 0.4) is 0 Å². The average Bonchev–Trinajstić information content (AvgIpc) is 2.86. The van der Waals surface area contributed by atoms with Crippen LogP contribution in [-0.4, -0.2) is 23.1 Å². The molecule has 4 heteroatoms. The fourth-order valence-electron chi connectivity index (χ4n) is 3.97. The first-order chi connectivity index (χ1) is 15.7. The van der Waals surface area contributed by atoms with Crippen LogP contribution in [0.2, 0.25) is 0 Å². The lowest BCUT2D eigenvalue weighted by Crippen LogP contribution is -2.27. The van der Waals surface area contributed by atoms with Crippen molar-refractivity contribution in [2.45, 2.75) is 11.7 Å². The Hall–Kier alpha value is -3.37. The molecule has 3 aromatic carbocycles. The molecule has 0 aliphatic heterocycles. The summed E-state index contributed by atoms with van der Waals surface area (Å²) in [5, 5.41) is 3.37. The fourth-order valence-corrected chi connectivity index (χ4v) is 5.39. The highest BCUT2D eigenvalue weighted by atomic mass is 32.2. The molecule has 0 radical (unpaired) electrons. The normalized spacial score (nSPS) is 11.2. The highest BCUT2D eigenvalue weighted by molar-refractivity contribution is 8.00. The number of pyridine rings is 1. The first kappa shape index (κ1) is 21.8. The van der Waals surface area contributed by atoms with Crippen molar-refractivity contribution in [2.24, 2.45) is 0 Å². The Bertz CT molecular complexity index is 1050. The molecule has 3 nitrogen and oxygen atoms in total. The Morgan fingerprint density at radius 1 is 0.781 bits per heavy atom. The van der Waals surface area contributed by atoms with Gasteiger partial charge in [0.1, 0.15) is 5.82 Å². The van der Waals surface area contributed by atoms with Gasteiger partial charge in [-0.2, -0.15) is 0 Å². The van der Waals surface area contributed by atoms with Crippen molar-refractivity contribution in [3.63, 3.8) is 0 Å². The molecular weight excluding hydrogens is 412 g/mol. The second-order valence-corrected chi connectivity index (χ2v) is 8.82. The number of carbonyl (C=O) groups is 1.